The fourth-order valence-corrected chi connectivity index (χ4v) is 2.23. The molecule has 1 atom stereocenters. The van der Waals surface area contributed by atoms with Crippen LogP contribution in [0.25, 0.3) is 0 Å². The fourth-order valence-electron chi connectivity index (χ4n) is 1.52. The van der Waals surface area contributed by atoms with Gasteiger partial charge in [-0.05, 0) is 17.9 Å². The third-order valence-electron chi connectivity index (χ3n) is 2.31. The molecule has 1 aromatic rings. The van der Waals surface area contributed by atoms with E-state index in [1.165, 1.54) is 0 Å². The summed E-state index contributed by atoms with van der Waals surface area (Å²) < 4.78 is 5.18. The van der Waals surface area contributed by atoms with Crippen molar-refractivity contribution in [2.24, 2.45) is 5.92 Å². The van der Waals surface area contributed by atoms with Crippen LogP contribution in [0.4, 0.5) is 0 Å². The van der Waals surface area contributed by atoms with Crippen molar-refractivity contribution in [1.82, 2.24) is 0 Å². The molecule has 1 fully saturated rings. The van der Waals surface area contributed by atoms with Crippen molar-refractivity contribution in [3.8, 4) is 0 Å². The Labute approximate surface area is 81.5 Å². The number of ether oxygens (including phenoxy) is 1. The van der Waals surface area contributed by atoms with Gasteiger partial charge >= 0.3 is 0 Å². The van der Waals surface area contributed by atoms with Crippen LogP contribution in [0.2, 0.25) is 0 Å². The van der Waals surface area contributed by atoms with Crippen LogP contribution in [0.15, 0.2) is 17.5 Å². The zero-order valence-electron chi connectivity index (χ0n) is 7.36. The van der Waals surface area contributed by atoms with Gasteiger partial charge in [0.1, 0.15) is 5.78 Å². The van der Waals surface area contributed by atoms with Gasteiger partial charge in [0.25, 0.3) is 0 Å². The molecule has 0 N–H and O–H groups in total. The summed E-state index contributed by atoms with van der Waals surface area (Å²) in [5.74, 6) is 0.488. The van der Waals surface area contributed by atoms with Crippen molar-refractivity contribution in [2.75, 3.05) is 13.2 Å². The average Bonchev–Trinajstić information content (AvgIpc) is 2.74. The number of carbonyl (C=O) groups is 1. The molecular formula is C10H12O2S. The number of hydrogen-bond acceptors (Lipinski definition) is 3. The normalized spacial score (nSPS) is 22.0. The van der Waals surface area contributed by atoms with E-state index in [9.17, 15) is 4.79 Å². The fraction of sp³-hybridized carbons (Fsp3) is 0.500. The summed E-state index contributed by atoms with van der Waals surface area (Å²) in [6, 6.07) is 4.00. The second-order valence-corrected chi connectivity index (χ2v) is 4.32. The van der Waals surface area contributed by atoms with Gasteiger partial charge < -0.3 is 4.74 Å². The summed E-state index contributed by atoms with van der Waals surface area (Å²) >= 11 is 1.65. The summed E-state index contributed by atoms with van der Waals surface area (Å²) in [5, 5.41) is 2.01. The van der Waals surface area contributed by atoms with Crippen LogP contribution in [0.3, 0.4) is 0 Å². The van der Waals surface area contributed by atoms with Gasteiger partial charge in [0.2, 0.25) is 0 Å². The molecule has 1 saturated heterocycles. The lowest BCUT2D eigenvalue weighted by Crippen LogP contribution is -2.16. The first-order chi connectivity index (χ1) is 6.36. The standard InChI is InChI=1S/C10H12O2S/c11-10(8-3-4-12-7-8)6-9-2-1-5-13-9/h1-2,5,8H,3-4,6-7H2. The van der Waals surface area contributed by atoms with Gasteiger partial charge in [-0.1, -0.05) is 6.07 Å². The van der Waals surface area contributed by atoms with E-state index in [-0.39, 0.29) is 5.92 Å². The number of ketones is 1. The van der Waals surface area contributed by atoms with Gasteiger partial charge in [-0.2, -0.15) is 0 Å². The molecule has 3 heteroatoms. The smallest absolute Gasteiger partial charge is 0.143 e. The largest absolute Gasteiger partial charge is 0.381 e. The highest BCUT2D eigenvalue weighted by molar-refractivity contribution is 7.10. The average molecular weight is 196 g/mol. The van der Waals surface area contributed by atoms with E-state index in [4.69, 9.17) is 4.74 Å². The molecule has 0 aliphatic carbocycles. The molecule has 1 aliphatic heterocycles. The summed E-state index contributed by atoms with van der Waals surface area (Å²) in [6.45, 7) is 1.38. The summed E-state index contributed by atoms with van der Waals surface area (Å²) in [7, 11) is 0. The van der Waals surface area contributed by atoms with Crippen molar-refractivity contribution in [2.45, 2.75) is 12.8 Å². The molecule has 70 valence electrons. The van der Waals surface area contributed by atoms with E-state index in [0.717, 1.165) is 17.9 Å². The van der Waals surface area contributed by atoms with Gasteiger partial charge in [0, 0.05) is 23.8 Å². The molecular weight excluding hydrogens is 184 g/mol. The summed E-state index contributed by atoms with van der Waals surface area (Å²) in [4.78, 5) is 12.8. The Bertz CT molecular complexity index is 273. The lowest BCUT2D eigenvalue weighted by Gasteiger charge is -2.03. The first-order valence-corrected chi connectivity index (χ1v) is 5.37. The zero-order valence-corrected chi connectivity index (χ0v) is 8.18. The van der Waals surface area contributed by atoms with E-state index in [1.54, 1.807) is 11.3 Å². The van der Waals surface area contributed by atoms with Crippen LogP contribution in [-0.2, 0) is 16.0 Å². The lowest BCUT2D eigenvalue weighted by molar-refractivity contribution is -0.122. The maximum absolute atomic E-state index is 11.6. The molecule has 1 aromatic heterocycles. The van der Waals surface area contributed by atoms with Crippen LogP contribution in [0.5, 0.6) is 0 Å². The monoisotopic (exact) mass is 196 g/mol. The molecule has 0 spiro atoms. The van der Waals surface area contributed by atoms with E-state index >= 15 is 0 Å². The Kier molecular flexibility index (Phi) is 2.76. The Balaban J connectivity index is 1.91. The minimum atomic E-state index is 0.155. The van der Waals surface area contributed by atoms with Gasteiger partial charge in [-0.3, -0.25) is 4.79 Å². The van der Waals surface area contributed by atoms with Gasteiger partial charge in [0.15, 0.2) is 0 Å². The minimum absolute atomic E-state index is 0.155. The summed E-state index contributed by atoms with van der Waals surface area (Å²) in [6.07, 6.45) is 1.50. The number of rotatable bonds is 3. The highest BCUT2D eigenvalue weighted by Crippen LogP contribution is 2.18. The molecule has 0 aromatic carbocycles. The topological polar surface area (TPSA) is 26.3 Å². The minimum Gasteiger partial charge on any atom is -0.381 e. The Morgan fingerprint density at radius 3 is 3.23 bits per heavy atom. The van der Waals surface area contributed by atoms with Gasteiger partial charge in [0.05, 0.1) is 6.61 Å². The molecule has 0 amide bonds. The van der Waals surface area contributed by atoms with E-state index < -0.39 is 0 Å². The van der Waals surface area contributed by atoms with Crippen molar-refractivity contribution < 1.29 is 9.53 Å². The molecule has 2 rings (SSSR count). The van der Waals surface area contributed by atoms with Crippen LogP contribution >= 0.6 is 11.3 Å². The highest BCUT2D eigenvalue weighted by Gasteiger charge is 2.23. The van der Waals surface area contributed by atoms with Gasteiger partial charge in [-0.25, -0.2) is 0 Å². The molecule has 0 bridgehead atoms. The zero-order chi connectivity index (χ0) is 9.10. The maximum Gasteiger partial charge on any atom is 0.143 e. The molecule has 13 heavy (non-hydrogen) atoms. The third kappa shape index (κ3) is 2.17. The second kappa shape index (κ2) is 4.03. The lowest BCUT2D eigenvalue weighted by atomic mass is 10.0. The molecule has 0 saturated carbocycles. The Morgan fingerprint density at radius 2 is 2.62 bits per heavy atom. The highest BCUT2D eigenvalue weighted by atomic mass is 32.1. The quantitative estimate of drug-likeness (QED) is 0.738. The van der Waals surface area contributed by atoms with Crippen molar-refractivity contribution in [3.05, 3.63) is 22.4 Å². The van der Waals surface area contributed by atoms with Crippen LogP contribution < -0.4 is 0 Å². The van der Waals surface area contributed by atoms with Crippen LogP contribution in [0.1, 0.15) is 11.3 Å². The SMILES string of the molecule is O=C(Cc1cccs1)C1CCOC1. The Morgan fingerprint density at radius 1 is 1.69 bits per heavy atom. The number of carbonyl (C=O) groups excluding carboxylic acids is 1. The molecule has 2 nitrogen and oxygen atoms in total. The van der Waals surface area contributed by atoms with Crippen LogP contribution in [0, 0.1) is 5.92 Å². The summed E-state index contributed by atoms with van der Waals surface area (Å²) in [5.41, 5.74) is 0. The van der Waals surface area contributed by atoms with Gasteiger partial charge in [-0.15, -0.1) is 11.3 Å². The van der Waals surface area contributed by atoms with Crippen molar-refractivity contribution in [1.29, 1.82) is 0 Å². The molecule has 2 heterocycles. The van der Waals surface area contributed by atoms with Crippen molar-refractivity contribution >= 4 is 17.1 Å². The van der Waals surface area contributed by atoms with E-state index in [0.29, 0.717) is 18.8 Å². The predicted octanol–water partition coefficient (Wildman–Crippen LogP) is 1.90. The number of Topliss-reactive ketones (excluding diaryl/α,β-unsaturated/α-hetero) is 1. The first kappa shape index (κ1) is 8.91. The molecule has 1 aliphatic rings. The predicted molar refractivity (Wildman–Crippen MR) is 52.0 cm³/mol. The van der Waals surface area contributed by atoms with E-state index in [2.05, 4.69) is 0 Å². The van der Waals surface area contributed by atoms with Crippen LogP contribution in [-0.4, -0.2) is 19.0 Å². The maximum atomic E-state index is 11.6. The third-order valence-corrected chi connectivity index (χ3v) is 3.19. The number of thiophene rings is 1. The first-order valence-electron chi connectivity index (χ1n) is 4.49. The Hall–Kier alpha value is -0.670. The molecule has 1 unspecified atom stereocenters. The second-order valence-electron chi connectivity index (χ2n) is 3.28. The number of hydrogen-bond donors (Lipinski definition) is 0. The van der Waals surface area contributed by atoms with E-state index in [1.807, 2.05) is 17.5 Å². The van der Waals surface area contributed by atoms with Crippen molar-refractivity contribution in [3.63, 3.8) is 0 Å². The molecule has 0 radical (unpaired) electrons.